The zero-order chi connectivity index (χ0) is 22.1. The predicted octanol–water partition coefficient (Wildman–Crippen LogP) is 3.19. The number of halogens is 1. The minimum atomic E-state index is -0.951. The van der Waals surface area contributed by atoms with Gasteiger partial charge in [-0.2, -0.15) is 0 Å². The number of hydrogen-bond acceptors (Lipinski definition) is 5. The highest BCUT2D eigenvalue weighted by Gasteiger charge is 2.37. The number of non-ortho nitro benzene ring substituents is 1. The fraction of sp³-hybridized carbons (Fsp3) is 0. The van der Waals surface area contributed by atoms with E-state index in [9.17, 15) is 28.9 Å². The Morgan fingerprint density at radius 2 is 1.71 bits per heavy atom. The molecule has 10 heteroatoms. The van der Waals surface area contributed by atoms with Crippen LogP contribution in [0.4, 0.5) is 20.6 Å². The summed E-state index contributed by atoms with van der Waals surface area (Å²) in [6, 6.07) is 12.8. The molecule has 0 unspecified atom stereocenters. The van der Waals surface area contributed by atoms with Gasteiger partial charge in [0.05, 0.1) is 16.3 Å². The monoisotopic (exact) mass is 420 g/mol. The Balaban J connectivity index is 1.74. The van der Waals surface area contributed by atoms with Gasteiger partial charge in [-0.15, -0.1) is 0 Å². The number of carbonyl (C=O) groups excluding carboxylic acids is 3. The number of benzene rings is 2. The molecular weight excluding hydrogens is 407 g/mol. The summed E-state index contributed by atoms with van der Waals surface area (Å²) in [6.07, 6.45) is 2.89. The number of anilines is 1. The minimum absolute atomic E-state index is 0.0939. The largest absolute Gasteiger partial charge is 0.335 e. The molecule has 4 rings (SSSR count). The van der Waals surface area contributed by atoms with Crippen LogP contribution in [0, 0.1) is 15.9 Å². The van der Waals surface area contributed by atoms with Crippen molar-refractivity contribution in [3.63, 3.8) is 0 Å². The third kappa shape index (κ3) is 3.69. The van der Waals surface area contributed by atoms with Crippen molar-refractivity contribution in [2.45, 2.75) is 0 Å². The Hall–Kier alpha value is -4.60. The normalized spacial score (nSPS) is 15.3. The molecule has 31 heavy (non-hydrogen) atoms. The molecule has 1 saturated heterocycles. The van der Waals surface area contributed by atoms with Crippen molar-refractivity contribution in [1.29, 1.82) is 0 Å². The minimum Gasteiger partial charge on any atom is -0.317 e. The van der Waals surface area contributed by atoms with Crippen molar-refractivity contribution in [2.24, 2.45) is 0 Å². The third-order valence-electron chi connectivity index (χ3n) is 4.58. The summed E-state index contributed by atoms with van der Waals surface area (Å²) in [6.45, 7) is 0. The van der Waals surface area contributed by atoms with E-state index in [-0.39, 0.29) is 16.9 Å². The maximum atomic E-state index is 13.2. The highest BCUT2D eigenvalue weighted by molar-refractivity contribution is 6.39. The molecule has 1 N–H and O–H groups in total. The zero-order valence-corrected chi connectivity index (χ0v) is 15.7. The Morgan fingerprint density at radius 1 is 0.968 bits per heavy atom. The van der Waals surface area contributed by atoms with Crippen molar-refractivity contribution in [1.82, 2.24) is 9.88 Å². The van der Waals surface area contributed by atoms with E-state index >= 15 is 0 Å². The summed E-state index contributed by atoms with van der Waals surface area (Å²) in [5, 5.41) is 13.1. The summed E-state index contributed by atoms with van der Waals surface area (Å²) in [7, 11) is 0. The van der Waals surface area contributed by atoms with Gasteiger partial charge in [0.25, 0.3) is 17.5 Å². The van der Waals surface area contributed by atoms with Crippen molar-refractivity contribution < 1.29 is 23.7 Å². The molecule has 0 radical (unpaired) electrons. The second-order valence-electron chi connectivity index (χ2n) is 6.51. The summed E-state index contributed by atoms with van der Waals surface area (Å²) >= 11 is 0. The second-order valence-corrected chi connectivity index (χ2v) is 6.51. The van der Waals surface area contributed by atoms with Crippen LogP contribution >= 0.6 is 0 Å². The molecule has 0 bridgehead atoms. The maximum Gasteiger partial charge on any atom is 0.335 e. The van der Waals surface area contributed by atoms with E-state index < -0.39 is 28.6 Å². The topological polar surface area (TPSA) is 115 Å². The number of nitrogens with one attached hydrogen (secondary N) is 1. The van der Waals surface area contributed by atoms with Crippen molar-refractivity contribution in [3.05, 3.63) is 94.1 Å². The fourth-order valence-corrected chi connectivity index (χ4v) is 3.13. The molecule has 9 nitrogen and oxygen atoms in total. The summed E-state index contributed by atoms with van der Waals surface area (Å²) < 4.78 is 14.8. The molecule has 154 valence electrons. The van der Waals surface area contributed by atoms with Crippen molar-refractivity contribution in [2.75, 3.05) is 4.90 Å². The fourth-order valence-electron chi connectivity index (χ4n) is 3.13. The van der Waals surface area contributed by atoms with Gasteiger partial charge < -0.3 is 4.57 Å². The number of barbiturate groups is 1. The van der Waals surface area contributed by atoms with Gasteiger partial charge in [-0.05, 0) is 48.5 Å². The van der Waals surface area contributed by atoms with E-state index in [0.717, 1.165) is 17.0 Å². The van der Waals surface area contributed by atoms with Crippen LogP contribution in [-0.4, -0.2) is 27.3 Å². The number of aromatic nitrogens is 1. The van der Waals surface area contributed by atoms with Crippen LogP contribution in [0.2, 0.25) is 0 Å². The molecule has 1 aromatic heterocycles. The molecular formula is C21H13FN4O5. The number of urea groups is 1. The van der Waals surface area contributed by atoms with Gasteiger partial charge >= 0.3 is 6.03 Å². The number of carbonyl (C=O) groups is 3. The predicted molar refractivity (Wildman–Crippen MR) is 108 cm³/mol. The highest BCUT2D eigenvalue weighted by Crippen LogP contribution is 2.24. The van der Waals surface area contributed by atoms with Crippen LogP contribution < -0.4 is 10.2 Å². The molecule has 1 aliphatic heterocycles. The van der Waals surface area contributed by atoms with Crippen LogP contribution in [0.1, 0.15) is 5.69 Å². The van der Waals surface area contributed by atoms with Crippen LogP contribution in [0.3, 0.4) is 0 Å². The number of nitrogens with zero attached hydrogens (tertiary/aromatic N) is 3. The molecule has 0 atom stereocenters. The first-order valence-electron chi connectivity index (χ1n) is 8.94. The molecule has 0 saturated carbocycles. The molecule has 1 fully saturated rings. The lowest BCUT2D eigenvalue weighted by molar-refractivity contribution is -0.384. The van der Waals surface area contributed by atoms with Crippen LogP contribution in [0.25, 0.3) is 11.8 Å². The molecule has 0 spiro atoms. The molecule has 3 aromatic rings. The molecule has 0 aliphatic carbocycles. The van der Waals surface area contributed by atoms with E-state index in [1.54, 1.807) is 29.0 Å². The van der Waals surface area contributed by atoms with E-state index in [2.05, 4.69) is 5.32 Å². The molecule has 4 amide bonds. The van der Waals surface area contributed by atoms with E-state index in [0.29, 0.717) is 11.4 Å². The number of nitro groups is 1. The van der Waals surface area contributed by atoms with E-state index in [4.69, 9.17) is 0 Å². The van der Waals surface area contributed by atoms with Gasteiger partial charge in [-0.3, -0.25) is 25.0 Å². The first-order chi connectivity index (χ1) is 14.8. The van der Waals surface area contributed by atoms with Crippen LogP contribution in [0.5, 0.6) is 0 Å². The van der Waals surface area contributed by atoms with Gasteiger partial charge in [-0.1, -0.05) is 6.07 Å². The summed E-state index contributed by atoms with van der Waals surface area (Å²) in [5.41, 5.74) is 0.476. The Labute approximate surface area is 174 Å². The standard InChI is InChI=1S/C21H13FN4O5/c22-13-6-8-14(9-7-13)25-20(28)18(19(27)23-21(25)29)12-16-5-2-10-24(16)15-3-1-4-17(11-15)26(30)31/h1-12H,(H,23,27,29). The summed E-state index contributed by atoms with van der Waals surface area (Å²) in [5.74, 6) is -2.32. The van der Waals surface area contributed by atoms with Crippen molar-refractivity contribution >= 4 is 35.3 Å². The van der Waals surface area contributed by atoms with E-state index in [1.807, 2.05) is 0 Å². The lowest BCUT2D eigenvalue weighted by Gasteiger charge is -2.26. The third-order valence-corrected chi connectivity index (χ3v) is 4.58. The lowest BCUT2D eigenvalue weighted by atomic mass is 10.1. The number of nitro benzene ring substituents is 1. The highest BCUT2D eigenvalue weighted by atomic mass is 19.1. The van der Waals surface area contributed by atoms with Gasteiger partial charge in [0, 0.05) is 24.0 Å². The quantitative estimate of drug-likeness (QED) is 0.301. The number of rotatable bonds is 4. The molecule has 2 heterocycles. The Morgan fingerprint density at radius 3 is 2.42 bits per heavy atom. The lowest BCUT2D eigenvalue weighted by Crippen LogP contribution is -2.54. The first kappa shape index (κ1) is 19.7. The number of amides is 4. The zero-order valence-electron chi connectivity index (χ0n) is 15.7. The van der Waals surface area contributed by atoms with Crippen molar-refractivity contribution in [3.8, 4) is 5.69 Å². The number of imide groups is 2. The van der Waals surface area contributed by atoms with Crippen LogP contribution in [0.15, 0.2) is 72.4 Å². The van der Waals surface area contributed by atoms with Gasteiger partial charge in [-0.25, -0.2) is 14.1 Å². The van der Waals surface area contributed by atoms with E-state index in [1.165, 1.54) is 36.4 Å². The maximum absolute atomic E-state index is 13.2. The summed E-state index contributed by atoms with van der Waals surface area (Å²) in [4.78, 5) is 48.8. The smallest absolute Gasteiger partial charge is 0.317 e. The first-order valence-corrected chi connectivity index (χ1v) is 8.94. The van der Waals surface area contributed by atoms with Gasteiger partial charge in [0.2, 0.25) is 0 Å². The molecule has 1 aliphatic rings. The van der Waals surface area contributed by atoms with Gasteiger partial charge in [0.15, 0.2) is 0 Å². The van der Waals surface area contributed by atoms with Gasteiger partial charge in [0.1, 0.15) is 11.4 Å². The average Bonchev–Trinajstić information content (AvgIpc) is 3.21. The average molecular weight is 420 g/mol. The second kappa shape index (κ2) is 7.67. The molecule has 2 aromatic carbocycles. The Kier molecular flexibility index (Phi) is 4.88. The SMILES string of the molecule is O=C1NC(=O)N(c2ccc(F)cc2)C(=O)C1=Cc1cccn1-c1cccc([N+](=O)[O-])c1. The van der Waals surface area contributed by atoms with Crippen LogP contribution in [-0.2, 0) is 9.59 Å². The Bertz CT molecular complexity index is 1260. The number of hydrogen-bond donors (Lipinski definition) is 1.